The van der Waals surface area contributed by atoms with Gasteiger partial charge in [-0.25, -0.2) is 9.37 Å². The first-order valence-electron chi connectivity index (χ1n) is 9.41. The highest BCUT2D eigenvalue weighted by molar-refractivity contribution is 7.18. The highest BCUT2D eigenvalue weighted by Crippen LogP contribution is 2.33. The van der Waals surface area contributed by atoms with Crippen LogP contribution in [0.5, 0.6) is 0 Å². The third kappa shape index (κ3) is 3.55. The summed E-state index contributed by atoms with van der Waals surface area (Å²) < 4.78 is 19.8. The van der Waals surface area contributed by atoms with Gasteiger partial charge in [0.15, 0.2) is 0 Å². The summed E-state index contributed by atoms with van der Waals surface area (Å²) >= 11 is 1.79. The largest absolute Gasteiger partial charge is 0.338 e. The molecule has 0 spiro atoms. The van der Waals surface area contributed by atoms with Crippen LogP contribution < -0.4 is 0 Å². The summed E-state index contributed by atoms with van der Waals surface area (Å²) in [5.74, 6) is 1.24. The Labute approximate surface area is 165 Å². The SMILES string of the molecule is Fc1ccc(-c2noc(CN3CCCC(c4nc5ccccc5s4)C3)n2)cc1. The second-order valence-corrected chi connectivity index (χ2v) is 8.17. The summed E-state index contributed by atoms with van der Waals surface area (Å²) in [5.41, 5.74) is 1.84. The quantitative estimate of drug-likeness (QED) is 0.494. The molecule has 1 atom stereocenters. The van der Waals surface area contributed by atoms with Crippen molar-refractivity contribution in [2.75, 3.05) is 13.1 Å². The molecule has 1 saturated heterocycles. The fourth-order valence-corrected chi connectivity index (χ4v) is 4.79. The molecule has 1 aliphatic heterocycles. The average Bonchev–Trinajstić information content (AvgIpc) is 3.36. The first kappa shape index (κ1) is 17.5. The van der Waals surface area contributed by atoms with Crippen molar-refractivity contribution in [3.63, 3.8) is 0 Å². The standard InChI is InChI=1S/C21H19FN4OS/c22-16-9-7-14(8-10-16)20-24-19(27-25-20)13-26-11-3-4-15(12-26)21-23-17-5-1-2-6-18(17)28-21/h1-2,5-10,15H,3-4,11-13H2. The van der Waals surface area contributed by atoms with Crippen molar-refractivity contribution >= 4 is 21.6 Å². The van der Waals surface area contributed by atoms with Crippen LogP contribution in [0.2, 0.25) is 0 Å². The van der Waals surface area contributed by atoms with Crippen LogP contribution in [0.25, 0.3) is 21.6 Å². The van der Waals surface area contributed by atoms with Crippen molar-refractivity contribution in [1.29, 1.82) is 0 Å². The number of likely N-dealkylation sites (tertiary alicyclic amines) is 1. The number of aromatic nitrogens is 3. The number of hydrogen-bond acceptors (Lipinski definition) is 6. The molecule has 1 aliphatic rings. The Morgan fingerprint density at radius 3 is 2.82 bits per heavy atom. The predicted octanol–water partition coefficient (Wildman–Crippen LogP) is 4.87. The third-order valence-corrected chi connectivity index (χ3v) is 6.29. The molecule has 1 unspecified atom stereocenters. The van der Waals surface area contributed by atoms with Gasteiger partial charge in [-0.2, -0.15) is 4.98 Å². The van der Waals surface area contributed by atoms with Crippen LogP contribution in [0.4, 0.5) is 4.39 Å². The van der Waals surface area contributed by atoms with E-state index in [1.807, 2.05) is 6.07 Å². The zero-order chi connectivity index (χ0) is 18.9. The van der Waals surface area contributed by atoms with Crippen LogP contribution in [-0.4, -0.2) is 33.1 Å². The number of halogens is 1. The molecule has 2 aromatic heterocycles. The first-order chi connectivity index (χ1) is 13.7. The van der Waals surface area contributed by atoms with E-state index in [2.05, 4.69) is 33.2 Å². The van der Waals surface area contributed by atoms with E-state index in [4.69, 9.17) is 9.51 Å². The minimum atomic E-state index is -0.276. The summed E-state index contributed by atoms with van der Waals surface area (Å²) in [6.45, 7) is 2.57. The van der Waals surface area contributed by atoms with E-state index < -0.39 is 0 Å². The number of thiazole rings is 1. The van der Waals surface area contributed by atoms with Crippen LogP contribution in [0.1, 0.15) is 29.7 Å². The Hall–Kier alpha value is -2.64. The Kier molecular flexibility index (Phi) is 4.62. The van der Waals surface area contributed by atoms with Crippen molar-refractivity contribution < 1.29 is 8.91 Å². The Morgan fingerprint density at radius 2 is 1.96 bits per heavy atom. The molecule has 2 aromatic carbocycles. The number of benzene rings is 2. The summed E-state index contributed by atoms with van der Waals surface area (Å²) in [7, 11) is 0. The van der Waals surface area contributed by atoms with Gasteiger partial charge in [0.05, 0.1) is 21.8 Å². The van der Waals surface area contributed by atoms with E-state index >= 15 is 0 Å². The van der Waals surface area contributed by atoms with Gasteiger partial charge in [-0.1, -0.05) is 17.3 Å². The second-order valence-electron chi connectivity index (χ2n) is 7.11. The number of fused-ring (bicyclic) bond motifs is 1. The topological polar surface area (TPSA) is 55.1 Å². The summed E-state index contributed by atoms with van der Waals surface area (Å²) in [6.07, 6.45) is 2.28. The fraction of sp³-hybridized carbons (Fsp3) is 0.286. The van der Waals surface area contributed by atoms with Crippen molar-refractivity contribution in [1.82, 2.24) is 20.0 Å². The van der Waals surface area contributed by atoms with Gasteiger partial charge >= 0.3 is 0 Å². The molecular weight excluding hydrogens is 375 g/mol. The Morgan fingerprint density at radius 1 is 1.11 bits per heavy atom. The highest BCUT2D eigenvalue weighted by Gasteiger charge is 2.25. The second kappa shape index (κ2) is 7.41. The van der Waals surface area contributed by atoms with Gasteiger partial charge < -0.3 is 4.52 Å². The van der Waals surface area contributed by atoms with Crippen LogP contribution in [0, 0.1) is 5.82 Å². The van der Waals surface area contributed by atoms with E-state index in [0.717, 1.165) is 37.0 Å². The van der Waals surface area contributed by atoms with E-state index in [-0.39, 0.29) is 5.82 Å². The lowest BCUT2D eigenvalue weighted by atomic mass is 9.99. The molecule has 0 aliphatic carbocycles. The smallest absolute Gasteiger partial charge is 0.241 e. The monoisotopic (exact) mass is 394 g/mol. The molecule has 0 radical (unpaired) electrons. The number of para-hydroxylation sites is 1. The van der Waals surface area contributed by atoms with Gasteiger partial charge in [-0.3, -0.25) is 4.90 Å². The maximum absolute atomic E-state index is 13.1. The van der Waals surface area contributed by atoms with Crippen molar-refractivity contribution in [3.05, 3.63) is 65.2 Å². The van der Waals surface area contributed by atoms with Gasteiger partial charge in [-0.05, 0) is 55.8 Å². The molecule has 142 valence electrons. The van der Waals surface area contributed by atoms with Crippen LogP contribution >= 0.6 is 11.3 Å². The lowest BCUT2D eigenvalue weighted by Crippen LogP contribution is -2.33. The van der Waals surface area contributed by atoms with Gasteiger partial charge in [0.2, 0.25) is 11.7 Å². The van der Waals surface area contributed by atoms with Gasteiger partial charge in [0.1, 0.15) is 5.82 Å². The number of piperidine rings is 1. The van der Waals surface area contributed by atoms with E-state index in [1.54, 1.807) is 23.5 Å². The van der Waals surface area contributed by atoms with Crippen molar-refractivity contribution in [2.24, 2.45) is 0 Å². The fourth-order valence-electron chi connectivity index (χ4n) is 3.69. The molecule has 5 nitrogen and oxygen atoms in total. The molecular formula is C21H19FN4OS. The van der Waals surface area contributed by atoms with Crippen LogP contribution in [-0.2, 0) is 6.54 Å². The van der Waals surface area contributed by atoms with Crippen LogP contribution in [0.3, 0.4) is 0 Å². The molecule has 1 fully saturated rings. The number of rotatable bonds is 4. The molecule has 3 heterocycles. The van der Waals surface area contributed by atoms with Crippen molar-refractivity contribution in [3.8, 4) is 11.4 Å². The molecule has 28 heavy (non-hydrogen) atoms. The lowest BCUT2D eigenvalue weighted by Gasteiger charge is -2.30. The van der Waals surface area contributed by atoms with E-state index in [0.29, 0.717) is 24.2 Å². The normalized spacial score (nSPS) is 18.0. The zero-order valence-electron chi connectivity index (χ0n) is 15.2. The summed E-state index contributed by atoms with van der Waals surface area (Å²) in [4.78, 5) is 11.7. The Balaban J connectivity index is 1.28. The highest BCUT2D eigenvalue weighted by atomic mass is 32.1. The summed E-state index contributed by atoms with van der Waals surface area (Å²) in [6, 6.07) is 14.4. The molecule has 7 heteroatoms. The third-order valence-electron chi connectivity index (χ3n) is 5.09. The number of nitrogens with zero attached hydrogens (tertiary/aromatic N) is 4. The first-order valence-corrected chi connectivity index (χ1v) is 10.2. The molecule has 5 rings (SSSR count). The zero-order valence-corrected chi connectivity index (χ0v) is 16.0. The maximum atomic E-state index is 13.1. The molecule has 0 amide bonds. The van der Waals surface area contributed by atoms with Gasteiger partial charge in [0.25, 0.3) is 0 Å². The lowest BCUT2D eigenvalue weighted by molar-refractivity contribution is 0.177. The molecule has 0 saturated carbocycles. The summed E-state index contributed by atoms with van der Waals surface area (Å²) in [5, 5.41) is 5.25. The van der Waals surface area contributed by atoms with E-state index in [1.165, 1.54) is 21.8 Å². The minimum absolute atomic E-state index is 0.276. The van der Waals surface area contributed by atoms with Gasteiger partial charge in [0, 0.05) is 18.0 Å². The minimum Gasteiger partial charge on any atom is -0.338 e. The van der Waals surface area contributed by atoms with E-state index in [9.17, 15) is 4.39 Å². The maximum Gasteiger partial charge on any atom is 0.241 e. The molecule has 0 N–H and O–H groups in total. The number of hydrogen-bond donors (Lipinski definition) is 0. The van der Waals surface area contributed by atoms with Gasteiger partial charge in [-0.15, -0.1) is 11.3 Å². The predicted molar refractivity (Wildman–Crippen MR) is 107 cm³/mol. The average molecular weight is 394 g/mol. The molecule has 0 bridgehead atoms. The Bertz CT molecular complexity index is 1060. The van der Waals surface area contributed by atoms with Crippen molar-refractivity contribution in [2.45, 2.75) is 25.3 Å². The van der Waals surface area contributed by atoms with Crippen LogP contribution in [0.15, 0.2) is 53.1 Å². The molecule has 4 aromatic rings.